The Morgan fingerprint density at radius 1 is 1.21 bits per heavy atom. The van der Waals surface area contributed by atoms with Crippen molar-refractivity contribution in [2.45, 2.75) is 32.6 Å². The number of ether oxygens (including phenoxy) is 1. The van der Waals surface area contributed by atoms with Gasteiger partial charge in [-0.15, -0.1) is 0 Å². The first-order valence-electron chi connectivity index (χ1n) is 7.38. The van der Waals surface area contributed by atoms with Gasteiger partial charge in [0.25, 0.3) is 0 Å². The maximum Gasteiger partial charge on any atom is 0.309 e. The highest BCUT2D eigenvalue weighted by Crippen LogP contribution is 2.22. The molecule has 0 aromatic carbocycles. The van der Waals surface area contributed by atoms with Crippen LogP contribution in [-0.4, -0.2) is 49.6 Å². The molecule has 0 bridgehead atoms. The first-order valence-corrected chi connectivity index (χ1v) is 7.38. The Morgan fingerprint density at radius 3 is 2.53 bits per heavy atom. The summed E-state index contributed by atoms with van der Waals surface area (Å²) in [5.41, 5.74) is 0. The van der Waals surface area contributed by atoms with E-state index in [0.717, 1.165) is 38.8 Å². The molecule has 2 saturated heterocycles. The van der Waals surface area contributed by atoms with E-state index >= 15 is 0 Å². The third-order valence-electron chi connectivity index (χ3n) is 4.07. The third-order valence-corrected chi connectivity index (χ3v) is 4.07. The number of rotatable bonds is 3. The van der Waals surface area contributed by atoms with Crippen LogP contribution >= 0.6 is 0 Å². The van der Waals surface area contributed by atoms with Crippen LogP contribution in [-0.2, 0) is 14.3 Å². The molecule has 2 fully saturated rings. The summed E-state index contributed by atoms with van der Waals surface area (Å²) in [5, 5.41) is 3.28. The normalized spacial score (nSPS) is 25.1. The predicted octanol–water partition coefficient (Wildman–Crippen LogP) is 0.788. The molecule has 108 valence electrons. The van der Waals surface area contributed by atoms with Crippen molar-refractivity contribution in [1.82, 2.24) is 10.2 Å². The Labute approximate surface area is 114 Å². The molecule has 0 radical (unpaired) electrons. The Kier molecular flexibility index (Phi) is 5.19. The summed E-state index contributed by atoms with van der Waals surface area (Å²) in [6.07, 6.45) is 3.55. The number of nitrogens with one attached hydrogen (secondary N) is 1. The number of esters is 1. The maximum absolute atomic E-state index is 12.3. The van der Waals surface area contributed by atoms with Gasteiger partial charge in [0.1, 0.15) is 0 Å². The van der Waals surface area contributed by atoms with Crippen molar-refractivity contribution in [3.63, 3.8) is 0 Å². The van der Waals surface area contributed by atoms with Gasteiger partial charge in [-0.2, -0.15) is 0 Å². The lowest BCUT2D eigenvalue weighted by molar-refractivity contribution is -0.151. The molecule has 0 unspecified atom stereocenters. The number of likely N-dealkylation sites (tertiary alicyclic amines) is 1. The van der Waals surface area contributed by atoms with E-state index in [9.17, 15) is 9.59 Å². The number of carbonyl (C=O) groups is 2. The van der Waals surface area contributed by atoms with Crippen LogP contribution in [0.25, 0.3) is 0 Å². The average molecular weight is 268 g/mol. The van der Waals surface area contributed by atoms with E-state index in [1.54, 1.807) is 0 Å². The van der Waals surface area contributed by atoms with Crippen LogP contribution in [0.4, 0.5) is 0 Å². The molecule has 2 aliphatic rings. The van der Waals surface area contributed by atoms with Gasteiger partial charge >= 0.3 is 5.97 Å². The summed E-state index contributed by atoms with van der Waals surface area (Å²) >= 11 is 0. The maximum atomic E-state index is 12.3. The van der Waals surface area contributed by atoms with Gasteiger partial charge in [0.2, 0.25) is 5.91 Å². The Hall–Kier alpha value is -1.10. The van der Waals surface area contributed by atoms with Gasteiger partial charge < -0.3 is 15.0 Å². The minimum atomic E-state index is -0.103. The van der Waals surface area contributed by atoms with E-state index in [1.165, 1.54) is 0 Å². The van der Waals surface area contributed by atoms with Crippen LogP contribution in [0.1, 0.15) is 32.6 Å². The van der Waals surface area contributed by atoms with Crippen molar-refractivity contribution in [2.75, 3.05) is 32.8 Å². The third kappa shape index (κ3) is 3.69. The molecule has 19 heavy (non-hydrogen) atoms. The fourth-order valence-electron chi connectivity index (χ4n) is 2.92. The Balaban J connectivity index is 1.79. The molecule has 5 heteroatoms. The van der Waals surface area contributed by atoms with Crippen LogP contribution in [0.15, 0.2) is 0 Å². The molecule has 1 N–H and O–H groups in total. The molecular formula is C14H24N2O3. The molecule has 0 aromatic rings. The first kappa shape index (κ1) is 14.3. The van der Waals surface area contributed by atoms with Crippen LogP contribution in [0, 0.1) is 11.8 Å². The van der Waals surface area contributed by atoms with Gasteiger partial charge in [-0.1, -0.05) is 0 Å². The number of hydrogen-bond donors (Lipinski definition) is 1. The largest absolute Gasteiger partial charge is 0.466 e. The standard InChI is InChI=1S/C14H24N2O3/c1-2-19-14(18)11-5-8-16(9-6-11)13(17)12-4-3-7-15-10-12/h11-12,15H,2-10H2,1H3/t12-/m0/s1. The molecule has 1 atom stereocenters. The van der Waals surface area contributed by atoms with Gasteiger partial charge in [-0.05, 0) is 39.2 Å². The zero-order valence-electron chi connectivity index (χ0n) is 11.7. The summed E-state index contributed by atoms with van der Waals surface area (Å²) in [6, 6.07) is 0. The van der Waals surface area contributed by atoms with E-state index < -0.39 is 0 Å². The van der Waals surface area contributed by atoms with Crippen LogP contribution < -0.4 is 5.32 Å². The summed E-state index contributed by atoms with van der Waals surface area (Å²) < 4.78 is 5.04. The van der Waals surface area contributed by atoms with Crippen LogP contribution in [0.5, 0.6) is 0 Å². The Bertz CT molecular complexity index is 319. The van der Waals surface area contributed by atoms with E-state index in [4.69, 9.17) is 4.74 Å². The molecule has 2 rings (SSSR count). The predicted molar refractivity (Wildman–Crippen MR) is 71.5 cm³/mol. The van der Waals surface area contributed by atoms with Crippen LogP contribution in [0.2, 0.25) is 0 Å². The summed E-state index contributed by atoms with van der Waals surface area (Å²) in [7, 11) is 0. The number of nitrogens with zero attached hydrogens (tertiary/aromatic N) is 1. The lowest BCUT2D eigenvalue weighted by atomic mass is 9.93. The van der Waals surface area contributed by atoms with Crippen molar-refractivity contribution in [1.29, 1.82) is 0 Å². The first-order chi connectivity index (χ1) is 9.22. The fourth-order valence-corrected chi connectivity index (χ4v) is 2.92. The monoisotopic (exact) mass is 268 g/mol. The van der Waals surface area contributed by atoms with Crippen molar-refractivity contribution < 1.29 is 14.3 Å². The molecular weight excluding hydrogens is 244 g/mol. The minimum Gasteiger partial charge on any atom is -0.466 e. The highest BCUT2D eigenvalue weighted by molar-refractivity contribution is 5.80. The second-order valence-corrected chi connectivity index (χ2v) is 5.39. The number of carbonyl (C=O) groups excluding carboxylic acids is 2. The van der Waals surface area contributed by atoms with Gasteiger partial charge in [-0.25, -0.2) is 0 Å². The number of hydrogen-bond acceptors (Lipinski definition) is 4. The highest BCUT2D eigenvalue weighted by Gasteiger charge is 2.31. The topological polar surface area (TPSA) is 58.6 Å². The van der Waals surface area contributed by atoms with Crippen molar-refractivity contribution in [2.24, 2.45) is 11.8 Å². The van der Waals surface area contributed by atoms with Gasteiger partial charge in [0, 0.05) is 19.6 Å². The van der Waals surface area contributed by atoms with E-state index in [2.05, 4.69) is 5.32 Å². The molecule has 0 aromatic heterocycles. The highest BCUT2D eigenvalue weighted by atomic mass is 16.5. The summed E-state index contributed by atoms with van der Waals surface area (Å²) in [5.74, 6) is 0.268. The SMILES string of the molecule is CCOC(=O)C1CCN(C(=O)[C@H]2CCCNC2)CC1. The van der Waals surface area contributed by atoms with Crippen molar-refractivity contribution in [3.8, 4) is 0 Å². The summed E-state index contributed by atoms with van der Waals surface area (Å²) in [6.45, 7) is 5.47. The molecule has 5 nitrogen and oxygen atoms in total. The quantitative estimate of drug-likeness (QED) is 0.769. The van der Waals surface area contributed by atoms with Gasteiger partial charge in [0.15, 0.2) is 0 Å². The number of piperidine rings is 2. The Morgan fingerprint density at radius 2 is 1.95 bits per heavy atom. The fraction of sp³-hybridized carbons (Fsp3) is 0.857. The molecule has 2 heterocycles. The average Bonchev–Trinajstić information content (AvgIpc) is 2.48. The van der Waals surface area contributed by atoms with E-state index in [0.29, 0.717) is 19.7 Å². The van der Waals surface area contributed by atoms with E-state index in [1.807, 2.05) is 11.8 Å². The van der Waals surface area contributed by atoms with Crippen molar-refractivity contribution >= 4 is 11.9 Å². The molecule has 0 spiro atoms. The number of amides is 1. The molecule has 0 aliphatic carbocycles. The second-order valence-electron chi connectivity index (χ2n) is 5.39. The van der Waals surface area contributed by atoms with Crippen molar-refractivity contribution in [3.05, 3.63) is 0 Å². The lowest BCUT2D eigenvalue weighted by Gasteiger charge is -2.34. The lowest BCUT2D eigenvalue weighted by Crippen LogP contribution is -2.47. The zero-order chi connectivity index (χ0) is 13.7. The van der Waals surface area contributed by atoms with E-state index in [-0.39, 0.29) is 23.7 Å². The van der Waals surface area contributed by atoms with Gasteiger partial charge in [-0.3, -0.25) is 9.59 Å². The molecule has 0 saturated carbocycles. The van der Waals surface area contributed by atoms with Crippen LogP contribution in [0.3, 0.4) is 0 Å². The van der Waals surface area contributed by atoms with Gasteiger partial charge in [0.05, 0.1) is 18.4 Å². The smallest absolute Gasteiger partial charge is 0.309 e. The molecule has 1 amide bonds. The second kappa shape index (κ2) is 6.89. The zero-order valence-corrected chi connectivity index (χ0v) is 11.7. The minimum absolute atomic E-state index is 0.0199. The molecule has 2 aliphatic heterocycles. The summed E-state index contributed by atoms with van der Waals surface area (Å²) in [4.78, 5) is 25.9.